The van der Waals surface area contributed by atoms with Crippen molar-refractivity contribution in [1.82, 2.24) is 4.90 Å². The molecule has 0 fully saturated rings. The molecular weight excluding hydrogens is 322 g/mol. The van der Waals surface area contributed by atoms with Gasteiger partial charge in [-0.3, -0.25) is 9.59 Å². The predicted octanol–water partition coefficient (Wildman–Crippen LogP) is 3.33. The van der Waals surface area contributed by atoms with E-state index in [-0.39, 0.29) is 24.8 Å². The van der Waals surface area contributed by atoms with Gasteiger partial charge in [-0.2, -0.15) is 0 Å². The van der Waals surface area contributed by atoms with E-state index in [1.54, 1.807) is 11.0 Å². The summed E-state index contributed by atoms with van der Waals surface area (Å²) in [6.45, 7) is 6.74. The molecule has 1 aromatic carbocycles. The van der Waals surface area contributed by atoms with Crippen molar-refractivity contribution >= 4 is 27.8 Å². The minimum atomic E-state index is -0.894. The highest BCUT2D eigenvalue weighted by molar-refractivity contribution is 9.10. The van der Waals surface area contributed by atoms with E-state index < -0.39 is 5.97 Å². The van der Waals surface area contributed by atoms with E-state index in [0.29, 0.717) is 12.1 Å². The van der Waals surface area contributed by atoms with Crippen molar-refractivity contribution in [3.63, 3.8) is 0 Å². The first-order valence-electron chi connectivity index (χ1n) is 6.58. The number of benzene rings is 1. The lowest BCUT2D eigenvalue weighted by molar-refractivity contribution is -0.137. The molecule has 0 aromatic heterocycles. The molecule has 1 rings (SSSR count). The fourth-order valence-electron chi connectivity index (χ4n) is 1.91. The smallest absolute Gasteiger partial charge is 0.305 e. The van der Waals surface area contributed by atoms with Crippen LogP contribution in [0.1, 0.15) is 36.2 Å². The Morgan fingerprint density at radius 1 is 1.35 bits per heavy atom. The van der Waals surface area contributed by atoms with Crippen LogP contribution in [-0.4, -0.2) is 35.0 Å². The van der Waals surface area contributed by atoms with Gasteiger partial charge >= 0.3 is 5.97 Å². The number of nitrogens with zero attached hydrogens (tertiary/aromatic N) is 1. The summed E-state index contributed by atoms with van der Waals surface area (Å²) in [5, 5.41) is 8.79. The Morgan fingerprint density at radius 2 is 2.00 bits per heavy atom. The molecule has 0 saturated carbocycles. The van der Waals surface area contributed by atoms with Gasteiger partial charge in [0.2, 0.25) is 0 Å². The zero-order valence-electron chi connectivity index (χ0n) is 12.0. The van der Waals surface area contributed by atoms with Crippen LogP contribution in [0.2, 0.25) is 0 Å². The number of carboxylic acids is 1. The molecule has 0 heterocycles. The SMILES string of the molecule is Cc1ccc(C(=O)N(CCC(=O)O)CC(C)C)c(Br)c1. The molecule has 0 bridgehead atoms. The fraction of sp³-hybridized carbons (Fsp3) is 0.467. The minimum absolute atomic E-state index is 0.0397. The van der Waals surface area contributed by atoms with E-state index in [9.17, 15) is 9.59 Å². The quantitative estimate of drug-likeness (QED) is 0.863. The van der Waals surface area contributed by atoms with Crippen LogP contribution in [0.15, 0.2) is 22.7 Å². The lowest BCUT2D eigenvalue weighted by atomic mass is 10.1. The van der Waals surface area contributed by atoms with Gasteiger partial charge in [0.15, 0.2) is 0 Å². The predicted molar refractivity (Wildman–Crippen MR) is 81.9 cm³/mol. The molecule has 0 aliphatic carbocycles. The maximum Gasteiger partial charge on any atom is 0.305 e. The van der Waals surface area contributed by atoms with Gasteiger partial charge in [0.1, 0.15) is 0 Å². The molecule has 4 nitrogen and oxygen atoms in total. The summed E-state index contributed by atoms with van der Waals surface area (Å²) < 4.78 is 0.742. The van der Waals surface area contributed by atoms with Crippen LogP contribution in [-0.2, 0) is 4.79 Å². The number of aryl methyl sites for hydroxylation is 1. The second kappa shape index (κ2) is 7.43. The molecule has 110 valence electrons. The van der Waals surface area contributed by atoms with Gasteiger partial charge in [-0.25, -0.2) is 0 Å². The molecule has 1 aromatic rings. The molecule has 1 amide bonds. The average Bonchev–Trinajstić information content (AvgIpc) is 2.33. The van der Waals surface area contributed by atoms with Gasteiger partial charge in [0, 0.05) is 17.6 Å². The number of hydrogen-bond acceptors (Lipinski definition) is 2. The van der Waals surface area contributed by atoms with Crippen molar-refractivity contribution < 1.29 is 14.7 Å². The number of aliphatic carboxylic acids is 1. The summed E-state index contributed by atoms with van der Waals surface area (Å²) >= 11 is 3.40. The maximum absolute atomic E-state index is 12.5. The standard InChI is InChI=1S/C15H20BrNO3/c1-10(2)9-17(7-6-14(18)19)15(20)12-5-4-11(3)8-13(12)16/h4-5,8,10H,6-7,9H2,1-3H3,(H,18,19). The minimum Gasteiger partial charge on any atom is -0.481 e. The third-order valence-corrected chi connectivity index (χ3v) is 3.48. The van der Waals surface area contributed by atoms with Crippen LogP contribution in [0.25, 0.3) is 0 Å². The van der Waals surface area contributed by atoms with E-state index >= 15 is 0 Å². The van der Waals surface area contributed by atoms with Gasteiger partial charge in [0.25, 0.3) is 5.91 Å². The Morgan fingerprint density at radius 3 is 2.50 bits per heavy atom. The number of rotatable bonds is 6. The molecule has 0 atom stereocenters. The first-order chi connectivity index (χ1) is 9.31. The Bertz CT molecular complexity index is 500. The lowest BCUT2D eigenvalue weighted by Crippen LogP contribution is -2.36. The van der Waals surface area contributed by atoms with Crippen LogP contribution in [0.3, 0.4) is 0 Å². The molecule has 0 aliphatic heterocycles. The summed E-state index contributed by atoms with van der Waals surface area (Å²) in [4.78, 5) is 24.8. The van der Waals surface area contributed by atoms with Gasteiger partial charge in [-0.1, -0.05) is 19.9 Å². The monoisotopic (exact) mass is 341 g/mol. The van der Waals surface area contributed by atoms with Crippen molar-refractivity contribution in [2.24, 2.45) is 5.92 Å². The van der Waals surface area contributed by atoms with Crippen molar-refractivity contribution in [2.75, 3.05) is 13.1 Å². The Balaban J connectivity index is 2.93. The average molecular weight is 342 g/mol. The Labute approximate surface area is 127 Å². The second-order valence-corrected chi connectivity index (χ2v) is 6.13. The van der Waals surface area contributed by atoms with E-state index in [2.05, 4.69) is 15.9 Å². The van der Waals surface area contributed by atoms with Crippen molar-refractivity contribution in [2.45, 2.75) is 27.2 Å². The molecule has 0 saturated heterocycles. The third-order valence-electron chi connectivity index (χ3n) is 2.82. The highest BCUT2D eigenvalue weighted by Gasteiger charge is 2.19. The normalized spacial score (nSPS) is 10.7. The fourth-order valence-corrected chi connectivity index (χ4v) is 2.57. The number of hydrogen-bond donors (Lipinski definition) is 1. The zero-order chi connectivity index (χ0) is 15.3. The van der Waals surface area contributed by atoms with Gasteiger partial charge in [0.05, 0.1) is 12.0 Å². The van der Waals surface area contributed by atoms with E-state index in [1.807, 2.05) is 32.9 Å². The topological polar surface area (TPSA) is 57.6 Å². The van der Waals surface area contributed by atoms with Crippen molar-refractivity contribution in [3.05, 3.63) is 33.8 Å². The summed E-state index contributed by atoms with van der Waals surface area (Å²) in [7, 11) is 0. The van der Waals surface area contributed by atoms with Crippen molar-refractivity contribution in [1.29, 1.82) is 0 Å². The molecule has 5 heteroatoms. The number of amides is 1. The molecule has 20 heavy (non-hydrogen) atoms. The largest absolute Gasteiger partial charge is 0.481 e. The summed E-state index contributed by atoms with van der Waals surface area (Å²) in [6, 6.07) is 5.54. The second-order valence-electron chi connectivity index (χ2n) is 5.27. The van der Waals surface area contributed by atoms with Crippen molar-refractivity contribution in [3.8, 4) is 0 Å². The maximum atomic E-state index is 12.5. The molecule has 1 N–H and O–H groups in total. The summed E-state index contributed by atoms with van der Waals surface area (Å²) in [6.07, 6.45) is -0.0397. The first kappa shape index (κ1) is 16.7. The van der Waals surface area contributed by atoms with E-state index in [1.165, 1.54) is 0 Å². The lowest BCUT2D eigenvalue weighted by Gasteiger charge is -2.24. The molecular formula is C15H20BrNO3. The number of halogens is 1. The first-order valence-corrected chi connectivity index (χ1v) is 7.37. The Kier molecular flexibility index (Phi) is 6.20. The van der Waals surface area contributed by atoms with Gasteiger partial charge in [-0.05, 0) is 46.5 Å². The van der Waals surface area contributed by atoms with Gasteiger partial charge < -0.3 is 10.0 Å². The van der Waals surface area contributed by atoms with Crippen LogP contribution < -0.4 is 0 Å². The van der Waals surface area contributed by atoms with Crippen LogP contribution in [0, 0.1) is 12.8 Å². The van der Waals surface area contributed by atoms with Crippen LogP contribution in [0.5, 0.6) is 0 Å². The van der Waals surface area contributed by atoms with Crippen LogP contribution in [0.4, 0.5) is 0 Å². The third kappa shape index (κ3) is 4.96. The number of carbonyl (C=O) groups is 2. The highest BCUT2D eigenvalue weighted by atomic mass is 79.9. The van der Waals surface area contributed by atoms with Gasteiger partial charge in [-0.15, -0.1) is 0 Å². The number of carbonyl (C=O) groups excluding carboxylic acids is 1. The molecule has 0 unspecified atom stereocenters. The molecule has 0 aliphatic rings. The zero-order valence-corrected chi connectivity index (χ0v) is 13.6. The number of carboxylic acid groups (broad SMARTS) is 1. The van der Waals surface area contributed by atoms with Crippen LogP contribution >= 0.6 is 15.9 Å². The summed E-state index contributed by atoms with van der Waals surface area (Å²) in [5.41, 5.74) is 1.64. The molecule has 0 radical (unpaired) electrons. The van der Waals surface area contributed by atoms with E-state index in [4.69, 9.17) is 5.11 Å². The highest BCUT2D eigenvalue weighted by Crippen LogP contribution is 2.20. The summed E-state index contributed by atoms with van der Waals surface area (Å²) in [5.74, 6) is -0.738. The Hall–Kier alpha value is -1.36. The van der Waals surface area contributed by atoms with E-state index in [0.717, 1.165) is 10.0 Å². The molecule has 0 spiro atoms.